The zero-order chi connectivity index (χ0) is 19.4. The van der Waals surface area contributed by atoms with Gasteiger partial charge in [0.25, 0.3) is 0 Å². The highest BCUT2D eigenvalue weighted by Gasteiger charge is 2.32. The topological polar surface area (TPSA) is 71.8 Å². The Morgan fingerprint density at radius 1 is 1.15 bits per heavy atom. The minimum absolute atomic E-state index is 0.0509. The molecule has 0 aliphatic rings. The molecule has 9 heteroatoms. The fraction of sp³-hybridized carbons (Fsp3) is 0.167. The van der Waals surface area contributed by atoms with Crippen LogP contribution in [-0.4, -0.2) is 20.8 Å². The number of carbonyl (C=O) groups is 1. The maximum Gasteiger partial charge on any atom is 0.416 e. The molecule has 6 nitrogen and oxygen atoms in total. The van der Waals surface area contributed by atoms with Crippen LogP contribution in [0.2, 0.25) is 0 Å². The van der Waals surface area contributed by atoms with E-state index >= 15 is 0 Å². The predicted molar refractivity (Wildman–Crippen MR) is 93.4 cm³/mol. The smallest absolute Gasteiger partial charge is 0.331 e. The van der Waals surface area contributed by atoms with Crippen LogP contribution < -0.4 is 10.6 Å². The number of benzene rings is 2. The van der Waals surface area contributed by atoms with Gasteiger partial charge in [0.1, 0.15) is 6.33 Å². The first-order chi connectivity index (χ1) is 12.8. The van der Waals surface area contributed by atoms with Crippen molar-refractivity contribution in [1.29, 1.82) is 0 Å². The van der Waals surface area contributed by atoms with Gasteiger partial charge in [0.15, 0.2) is 5.82 Å². The molecule has 140 valence electrons. The molecular weight excluding hydrogens is 359 g/mol. The molecule has 0 atom stereocenters. The highest BCUT2D eigenvalue weighted by Crippen LogP contribution is 2.33. The number of rotatable bonds is 4. The first-order valence-corrected chi connectivity index (χ1v) is 8.01. The quantitative estimate of drug-likeness (QED) is 0.726. The number of aromatic nitrogens is 3. The zero-order valence-electron chi connectivity index (χ0n) is 14.3. The average molecular weight is 375 g/mol. The van der Waals surface area contributed by atoms with Crippen LogP contribution >= 0.6 is 0 Å². The third-order valence-electron chi connectivity index (χ3n) is 3.86. The van der Waals surface area contributed by atoms with E-state index in [0.717, 1.165) is 11.8 Å². The molecule has 0 aliphatic carbocycles. The van der Waals surface area contributed by atoms with Gasteiger partial charge in [-0.3, -0.25) is 4.57 Å². The van der Waals surface area contributed by atoms with Gasteiger partial charge >= 0.3 is 12.2 Å². The molecule has 0 aliphatic heterocycles. The number of anilines is 1. The van der Waals surface area contributed by atoms with Crippen molar-refractivity contribution in [1.82, 2.24) is 20.1 Å². The average Bonchev–Trinajstić information content (AvgIpc) is 3.10. The number of para-hydroxylation sites is 1. The monoisotopic (exact) mass is 375 g/mol. The van der Waals surface area contributed by atoms with Crippen molar-refractivity contribution < 1.29 is 18.0 Å². The van der Waals surface area contributed by atoms with Gasteiger partial charge in [-0.25, -0.2) is 4.79 Å². The first kappa shape index (κ1) is 18.4. The first-order valence-electron chi connectivity index (χ1n) is 8.01. The molecule has 2 aromatic carbocycles. The summed E-state index contributed by atoms with van der Waals surface area (Å²) < 4.78 is 40.6. The molecule has 2 N–H and O–H groups in total. The Morgan fingerprint density at radius 3 is 2.59 bits per heavy atom. The van der Waals surface area contributed by atoms with Crippen molar-refractivity contribution in [2.24, 2.45) is 0 Å². The lowest BCUT2D eigenvalue weighted by atomic mass is 10.1. The fourth-order valence-corrected chi connectivity index (χ4v) is 2.52. The number of nitrogens with one attached hydrogen (secondary N) is 2. The second kappa shape index (κ2) is 7.48. The van der Waals surface area contributed by atoms with Crippen LogP contribution in [0.4, 0.5) is 23.7 Å². The molecule has 1 heterocycles. The summed E-state index contributed by atoms with van der Waals surface area (Å²) in [6, 6.07) is 12.3. The second-order valence-electron chi connectivity index (χ2n) is 5.79. The number of halogens is 3. The van der Waals surface area contributed by atoms with Crippen molar-refractivity contribution in [3.63, 3.8) is 0 Å². The van der Waals surface area contributed by atoms with Crippen LogP contribution in [0.25, 0.3) is 5.69 Å². The zero-order valence-corrected chi connectivity index (χ0v) is 14.3. The highest BCUT2D eigenvalue weighted by atomic mass is 19.4. The lowest BCUT2D eigenvalue weighted by Crippen LogP contribution is -2.29. The number of hydrogen-bond donors (Lipinski definition) is 2. The third kappa shape index (κ3) is 4.43. The van der Waals surface area contributed by atoms with Gasteiger partial charge in [-0.15, -0.1) is 10.2 Å². The third-order valence-corrected chi connectivity index (χ3v) is 3.86. The summed E-state index contributed by atoms with van der Waals surface area (Å²) in [5.74, 6) is 0.483. The van der Waals surface area contributed by atoms with E-state index < -0.39 is 17.8 Å². The molecule has 0 saturated heterocycles. The summed E-state index contributed by atoms with van der Waals surface area (Å²) >= 11 is 0. The Hall–Kier alpha value is -3.36. The Balaban J connectivity index is 1.66. The molecule has 0 saturated carbocycles. The maximum atomic E-state index is 13.0. The van der Waals surface area contributed by atoms with Crippen LogP contribution in [0, 0.1) is 6.92 Å². The molecular formula is C18H16F3N5O. The van der Waals surface area contributed by atoms with Crippen LogP contribution in [-0.2, 0) is 12.7 Å². The molecule has 0 radical (unpaired) electrons. The summed E-state index contributed by atoms with van der Waals surface area (Å²) in [4.78, 5) is 12.0. The van der Waals surface area contributed by atoms with Gasteiger partial charge in [0.05, 0.1) is 12.1 Å². The van der Waals surface area contributed by atoms with Gasteiger partial charge in [0, 0.05) is 11.4 Å². The van der Waals surface area contributed by atoms with Crippen molar-refractivity contribution in [2.45, 2.75) is 19.6 Å². The Bertz CT molecular complexity index is 938. The largest absolute Gasteiger partial charge is 0.416 e. The van der Waals surface area contributed by atoms with Gasteiger partial charge in [0.2, 0.25) is 0 Å². The molecule has 0 unspecified atom stereocenters. The predicted octanol–water partition coefficient (Wildman–Crippen LogP) is 3.92. The maximum absolute atomic E-state index is 13.0. The Labute approximate surface area is 153 Å². The van der Waals surface area contributed by atoms with Gasteiger partial charge in [-0.05, 0) is 36.8 Å². The number of hydrogen-bond acceptors (Lipinski definition) is 3. The summed E-state index contributed by atoms with van der Waals surface area (Å²) in [6.07, 6.45) is -2.97. The van der Waals surface area contributed by atoms with Crippen molar-refractivity contribution in [2.75, 3.05) is 5.32 Å². The number of amides is 2. The normalized spacial score (nSPS) is 11.3. The highest BCUT2D eigenvalue weighted by molar-refractivity contribution is 5.89. The fourth-order valence-electron chi connectivity index (χ4n) is 2.52. The second-order valence-corrected chi connectivity index (χ2v) is 5.79. The molecule has 2 amide bonds. The molecule has 3 rings (SSSR count). The number of aryl methyl sites for hydroxylation is 1. The minimum Gasteiger partial charge on any atom is -0.331 e. The molecule has 0 fully saturated rings. The van der Waals surface area contributed by atoms with E-state index in [1.165, 1.54) is 25.4 Å². The molecule has 1 aromatic heterocycles. The van der Waals surface area contributed by atoms with E-state index in [2.05, 4.69) is 20.8 Å². The number of alkyl halides is 3. The van der Waals surface area contributed by atoms with Crippen molar-refractivity contribution >= 4 is 11.7 Å². The number of carbonyl (C=O) groups excluding carboxylic acids is 1. The van der Waals surface area contributed by atoms with E-state index in [0.29, 0.717) is 5.82 Å². The van der Waals surface area contributed by atoms with Crippen molar-refractivity contribution in [3.05, 3.63) is 71.8 Å². The van der Waals surface area contributed by atoms with E-state index in [9.17, 15) is 18.0 Å². The summed E-state index contributed by atoms with van der Waals surface area (Å²) in [5.41, 5.74) is 0.177. The van der Waals surface area contributed by atoms with Crippen LogP contribution in [0.15, 0.2) is 54.9 Å². The minimum atomic E-state index is -4.48. The molecule has 27 heavy (non-hydrogen) atoms. The molecule has 0 spiro atoms. The van der Waals surface area contributed by atoms with Gasteiger partial charge in [-0.2, -0.15) is 13.2 Å². The summed E-state index contributed by atoms with van der Waals surface area (Å²) in [6.45, 7) is 1.42. The van der Waals surface area contributed by atoms with E-state index in [1.807, 2.05) is 30.3 Å². The van der Waals surface area contributed by atoms with E-state index in [-0.39, 0.29) is 17.8 Å². The van der Waals surface area contributed by atoms with Crippen LogP contribution in [0.1, 0.15) is 17.0 Å². The van der Waals surface area contributed by atoms with E-state index in [4.69, 9.17) is 0 Å². The SMILES string of the molecule is Cc1ccc(NC(=O)NCc2nncn2-c2ccccc2)cc1C(F)(F)F. The summed E-state index contributed by atoms with van der Waals surface area (Å²) in [7, 11) is 0. The molecule has 0 bridgehead atoms. The standard InChI is InChI=1S/C18H16F3N5O/c1-12-7-8-13(9-15(12)18(19,20)21)24-17(27)22-10-16-25-23-11-26(16)14-5-3-2-4-6-14/h2-9,11H,10H2,1H3,(H2,22,24,27). The summed E-state index contributed by atoms with van der Waals surface area (Å²) in [5, 5.41) is 12.7. The Kier molecular flexibility index (Phi) is 5.11. The lowest BCUT2D eigenvalue weighted by molar-refractivity contribution is -0.138. The van der Waals surface area contributed by atoms with Crippen LogP contribution in [0.3, 0.4) is 0 Å². The lowest BCUT2D eigenvalue weighted by Gasteiger charge is -2.13. The number of urea groups is 1. The Morgan fingerprint density at radius 2 is 1.89 bits per heavy atom. The number of nitrogens with zero attached hydrogens (tertiary/aromatic N) is 3. The van der Waals surface area contributed by atoms with Crippen LogP contribution in [0.5, 0.6) is 0 Å². The molecule has 3 aromatic rings. The van der Waals surface area contributed by atoms with Gasteiger partial charge in [-0.1, -0.05) is 24.3 Å². The van der Waals surface area contributed by atoms with Gasteiger partial charge < -0.3 is 10.6 Å². The van der Waals surface area contributed by atoms with E-state index in [1.54, 1.807) is 4.57 Å². The van der Waals surface area contributed by atoms with Crippen molar-refractivity contribution in [3.8, 4) is 5.69 Å².